The molecule has 1 spiro atoms. The number of hydrogen-bond donors (Lipinski definition) is 0. The minimum Gasteiger partial charge on any atom is -0.381 e. The van der Waals surface area contributed by atoms with Gasteiger partial charge < -0.3 is 14.2 Å². The highest BCUT2D eigenvalue weighted by Gasteiger charge is 2.51. The van der Waals surface area contributed by atoms with E-state index in [-0.39, 0.29) is 29.0 Å². The molecule has 4 rings (SSSR count). The fourth-order valence-corrected chi connectivity index (χ4v) is 4.22. The summed E-state index contributed by atoms with van der Waals surface area (Å²) in [6.07, 6.45) is 1.74. The summed E-state index contributed by atoms with van der Waals surface area (Å²) < 4.78 is 24.3. The van der Waals surface area contributed by atoms with Crippen molar-refractivity contribution in [3.05, 3.63) is 36.0 Å². The van der Waals surface area contributed by atoms with Crippen LogP contribution < -0.4 is 0 Å². The lowest BCUT2D eigenvalue weighted by Gasteiger charge is -2.36. The summed E-state index contributed by atoms with van der Waals surface area (Å²) in [6.45, 7) is 6.49. The van der Waals surface area contributed by atoms with Gasteiger partial charge in [-0.25, -0.2) is 4.39 Å². The smallest absolute Gasteiger partial charge is 0.232 e. The molecule has 0 unspecified atom stereocenters. The second-order valence-electron chi connectivity index (χ2n) is 7.86. The number of rotatable bonds is 3. The van der Waals surface area contributed by atoms with E-state index in [0.29, 0.717) is 43.6 Å². The van der Waals surface area contributed by atoms with Gasteiger partial charge >= 0.3 is 0 Å². The highest BCUT2D eigenvalue weighted by atomic mass is 19.1. The molecule has 2 fully saturated rings. The maximum atomic E-state index is 13.2. The van der Waals surface area contributed by atoms with Crippen LogP contribution in [0.3, 0.4) is 0 Å². The molecule has 0 N–H and O–H groups in total. The molecule has 2 aromatic rings. The van der Waals surface area contributed by atoms with Crippen LogP contribution >= 0.6 is 0 Å². The van der Waals surface area contributed by atoms with E-state index in [1.165, 1.54) is 12.1 Å². The molecule has 2 saturated heterocycles. The lowest BCUT2D eigenvalue weighted by molar-refractivity contribution is -0.134. The Hall–Kier alpha value is -2.28. The maximum Gasteiger partial charge on any atom is 0.232 e. The molecule has 0 saturated carbocycles. The van der Waals surface area contributed by atoms with E-state index in [9.17, 15) is 9.18 Å². The summed E-state index contributed by atoms with van der Waals surface area (Å²) in [4.78, 5) is 19.1. The number of ether oxygens (including phenoxy) is 1. The van der Waals surface area contributed by atoms with Crippen molar-refractivity contribution in [2.75, 3.05) is 26.3 Å². The molecule has 0 radical (unpaired) electrons. The number of amides is 1. The third-order valence-corrected chi connectivity index (χ3v) is 5.78. The first-order valence-corrected chi connectivity index (χ1v) is 9.45. The van der Waals surface area contributed by atoms with E-state index in [0.717, 1.165) is 12.8 Å². The van der Waals surface area contributed by atoms with Gasteiger partial charge in [-0.05, 0) is 37.1 Å². The number of likely N-dealkylation sites (tertiary alicyclic amines) is 1. The SMILES string of the molecule is CC(C)C(=O)N1C[C@H](c2nc(-c3ccc(F)cc3)no2)C2(CCOCC2)C1. The van der Waals surface area contributed by atoms with Crippen LogP contribution in [0.5, 0.6) is 0 Å². The zero-order chi connectivity index (χ0) is 19.0. The van der Waals surface area contributed by atoms with Crippen LogP contribution in [-0.2, 0) is 9.53 Å². The summed E-state index contributed by atoms with van der Waals surface area (Å²) >= 11 is 0. The van der Waals surface area contributed by atoms with Crippen molar-refractivity contribution in [3.63, 3.8) is 0 Å². The molecule has 2 aliphatic heterocycles. The predicted molar refractivity (Wildman–Crippen MR) is 96.3 cm³/mol. The zero-order valence-electron chi connectivity index (χ0n) is 15.7. The molecule has 0 bridgehead atoms. The van der Waals surface area contributed by atoms with Gasteiger partial charge in [-0.3, -0.25) is 4.79 Å². The first kappa shape index (κ1) is 18.1. The minimum absolute atomic E-state index is 0.00852. The molecule has 6 nitrogen and oxygen atoms in total. The van der Waals surface area contributed by atoms with E-state index < -0.39 is 0 Å². The molecule has 144 valence electrons. The van der Waals surface area contributed by atoms with Crippen LogP contribution in [0.2, 0.25) is 0 Å². The average Bonchev–Trinajstić information content (AvgIpc) is 3.28. The monoisotopic (exact) mass is 373 g/mol. The Bertz CT molecular complexity index is 812. The number of halogens is 1. The molecule has 1 aromatic heterocycles. The Balaban J connectivity index is 1.64. The van der Waals surface area contributed by atoms with Crippen LogP contribution in [0.4, 0.5) is 4.39 Å². The van der Waals surface area contributed by atoms with Crippen molar-refractivity contribution in [1.82, 2.24) is 15.0 Å². The lowest BCUT2D eigenvalue weighted by Crippen LogP contribution is -2.38. The first-order chi connectivity index (χ1) is 13.0. The third kappa shape index (κ3) is 3.36. The topological polar surface area (TPSA) is 68.5 Å². The van der Waals surface area contributed by atoms with Crippen LogP contribution in [-0.4, -0.2) is 47.3 Å². The highest BCUT2D eigenvalue weighted by molar-refractivity contribution is 5.78. The normalized spacial score (nSPS) is 21.9. The molecule has 0 aliphatic carbocycles. The van der Waals surface area contributed by atoms with Gasteiger partial charge in [0.2, 0.25) is 17.6 Å². The van der Waals surface area contributed by atoms with Gasteiger partial charge in [0.05, 0.1) is 5.92 Å². The first-order valence-electron chi connectivity index (χ1n) is 9.45. The lowest BCUT2D eigenvalue weighted by atomic mass is 9.72. The predicted octanol–water partition coefficient (Wildman–Crippen LogP) is 3.25. The molecule has 7 heteroatoms. The van der Waals surface area contributed by atoms with E-state index in [2.05, 4.69) is 10.1 Å². The van der Waals surface area contributed by atoms with Crippen LogP contribution in [0.25, 0.3) is 11.4 Å². The highest BCUT2D eigenvalue weighted by Crippen LogP contribution is 2.49. The van der Waals surface area contributed by atoms with Crippen molar-refractivity contribution in [1.29, 1.82) is 0 Å². The van der Waals surface area contributed by atoms with Crippen molar-refractivity contribution < 1.29 is 18.4 Å². The molecular weight excluding hydrogens is 349 g/mol. The zero-order valence-corrected chi connectivity index (χ0v) is 15.7. The Morgan fingerprint density at radius 1 is 1.26 bits per heavy atom. The van der Waals surface area contributed by atoms with Crippen molar-refractivity contribution in [3.8, 4) is 11.4 Å². The number of carbonyl (C=O) groups is 1. The van der Waals surface area contributed by atoms with Gasteiger partial charge in [-0.2, -0.15) is 4.98 Å². The third-order valence-electron chi connectivity index (χ3n) is 5.78. The standard InChI is InChI=1S/C20H24FN3O3/c1-13(2)19(25)24-11-16(20(12-24)7-9-26-10-8-20)18-22-17(23-27-18)14-3-5-15(21)6-4-14/h3-6,13,16H,7-12H2,1-2H3/t16-/m1/s1. The number of nitrogens with zero attached hydrogens (tertiary/aromatic N) is 3. The van der Waals surface area contributed by atoms with Crippen molar-refractivity contribution in [2.45, 2.75) is 32.6 Å². The second kappa shape index (κ2) is 7.03. The second-order valence-corrected chi connectivity index (χ2v) is 7.86. The quantitative estimate of drug-likeness (QED) is 0.826. The molecule has 27 heavy (non-hydrogen) atoms. The van der Waals surface area contributed by atoms with Gasteiger partial charge in [-0.15, -0.1) is 0 Å². The average molecular weight is 373 g/mol. The van der Waals surface area contributed by atoms with Gasteiger partial charge in [0.1, 0.15) is 5.82 Å². The van der Waals surface area contributed by atoms with Crippen molar-refractivity contribution >= 4 is 5.91 Å². The van der Waals surface area contributed by atoms with E-state index in [1.54, 1.807) is 12.1 Å². The number of aromatic nitrogens is 2. The van der Waals surface area contributed by atoms with E-state index >= 15 is 0 Å². The number of hydrogen-bond acceptors (Lipinski definition) is 5. The van der Waals surface area contributed by atoms with Crippen LogP contribution in [0.1, 0.15) is 38.5 Å². The van der Waals surface area contributed by atoms with Crippen LogP contribution in [0.15, 0.2) is 28.8 Å². The Kier molecular flexibility index (Phi) is 4.72. The fraction of sp³-hybridized carbons (Fsp3) is 0.550. The van der Waals surface area contributed by atoms with Gasteiger partial charge in [-0.1, -0.05) is 19.0 Å². The molecule has 1 amide bonds. The summed E-state index contributed by atoms with van der Waals surface area (Å²) in [5.74, 6) is 0.795. The number of carbonyl (C=O) groups excluding carboxylic acids is 1. The van der Waals surface area contributed by atoms with Gasteiger partial charge in [0.25, 0.3) is 0 Å². The molecule has 3 heterocycles. The summed E-state index contributed by atoms with van der Waals surface area (Å²) in [5.41, 5.74) is 0.621. The van der Waals surface area contributed by atoms with Gasteiger partial charge in [0.15, 0.2) is 0 Å². The maximum absolute atomic E-state index is 13.2. The van der Waals surface area contributed by atoms with Crippen molar-refractivity contribution in [2.24, 2.45) is 11.3 Å². The Morgan fingerprint density at radius 2 is 1.96 bits per heavy atom. The van der Waals surface area contributed by atoms with E-state index in [4.69, 9.17) is 9.26 Å². The fourth-order valence-electron chi connectivity index (χ4n) is 4.22. The van der Waals surface area contributed by atoms with Crippen LogP contribution in [0, 0.1) is 17.2 Å². The summed E-state index contributed by atoms with van der Waals surface area (Å²) in [7, 11) is 0. The molecular formula is C20H24FN3O3. The van der Waals surface area contributed by atoms with Gasteiger partial charge in [0, 0.05) is 43.2 Å². The molecule has 1 aromatic carbocycles. The molecule has 1 atom stereocenters. The largest absolute Gasteiger partial charge is 0.381 e. The summed E-state index contributed by atoms with van der Waals surface area (Å²) in [6, 6.07) is 6.03. The Morgan fingerprint density at radius 3 is 2.63 bits per heavy atom. The summed E-state index contributed by atoms with van der Waals surface area (Å²) in [5, 5.41) is 4.10. The molecule has 2 aliphatic rings. The number of benzene rings is 1. The minimum atomic E-state index is -0.303. The van der Waals surface area contributed by atoms with E-state index in [1.807, 2.05) is 18.7 Å². The Labute approximate surface area is 157 Å².